The summed E-state index contributed by atoms with van der Waals surface area (Å²) >= 11 is 0. The average molecular weight is 286 g/mol. The van der Waals surface area contributed by atoms with Crippen LogP contribution in [-0.4, -0.2) is 23.4 Å². The molecule has 1 heterocycles. The number of benzene rings is 1. The number of hydrogen-bond donors (Lipinski definition) is 1. The molecule has 3 nitrogen and oxygen atoms in total. The van der Waals surface area contributed by atoms with Crippen LogP contribution in [0.4, 0.5) is 5.69 Å². The van der Waals surface area contributed by atoms with E-state index in [9.17, 15) is 4.79 Å². The van der Waals surface area contributed by atoms with Crippen molar-refractivity contribution in [2.45, 2.75) is 57.4 Å². The number of rotatable bonds is 3. The minimum atomic E-state index is 0.342. The Morgan fingerprint density at radius 3 is 2.86 bits per heavy atom. The molecule has 0 unspecified atom stereocenters. The van der Waals surface area contributed by atoms with Gasteiger partial charge in [0.25, 0.3) is 0 Å². The number of likely N-dealkylation sites (tertiary alicyclic amines) is 1. The van der Waals surface area contributed by atoms with Crippen LogP contribution in [0.15, 0.2) is 24.3 Å². The van der Waals surface area contributed by atoms with Gasteiger partial charge in [0.05, 0.1) is 0 Å². The van der Waals surface area contributed by atoms with E-state index in [0.717, 1.165) is 24.6 Å². The Morgan fingerprint density at radius 2 is 2.00 bits per heavy atom. The van der Waals surface area contributed by atoms with Crippen LogP contribution in [0.3, 0.4) is 0 Å². The third-order valence-corrected chi connectivity index (χ3v) is 5.14. The summed E-state index contributed by atoms with van der Waals surface area (Å²) in [7, 11) is 0. The van der Waals surface area contributed by atoms with Crippen molar-refractivity contribution in [3.8, 4) is 0 Å². The first-order valence-corrected chi connectivity index (χ1v) is 8.38. The van der Waals surface area contributed by atoms with Gasteiger partial charge in [0.1, 0.15) is 0 Å². The van der Waals surface area contributed by atoms with Gasteiger partial charge in [-0.05, 0) is 55.7 Å². The molecule has 114 valence electrons. The highest BCUT2D eigenvalue weighted by atomic mass is 16.2. The third-order valence-electron chi connectivity index (χ3n) is 5.14. The van der Waals surface area contributed by atoms with Crippen LogP contribution in [0, 0.1) is 5.92 Å². The number of amides is 1. The molecule has 1 aromatic carbocycles. The van der Waals surface area contributed by atoms with Crippen molar-refractivity contribution in [3.05, 3.63) is 29.8 Å². The Labute approximate surface area is 127 Å². The molecule has 0 aromatic heterocycles. The van der Waals surface area contributed by atoms with Crippen LogP contribution in [0.25, 0.3) is 0 Å². The van der Waals surface area contributed by atoms with Crippen LogP contribution in [0.1, 0.15) is 50.5 Å². The number of aryl methyl sites for hydroxylation is 1. The van der Waals surface area contributed by atoms with E-state index in [0.29, 0.717) is 18.4 Å². The minimum Gasteiger partial charge on any atom is -0.399 e. The normalized spacial score (nSPS) is 25.4. The first-order valence-electron chi connectivity index (χ1n) is 8.38. The van der Waals surface area contributed by atoms with Gasteiger partial charge in [-0.3, -0.25) is 4.79 Å². The molecule has 0 spiro atoms. The van der Waals surface area contributed by atoms with Crippen molar-refractivity contribution >= 4 is 11.6 Å². The lowest BCUT2D eigenvalue weighted by molar-refractivity contribution is -0.137. The van der Waals surface area contributed by atoms with E-state index < -0.39 is 0 Å². The topological polar surface area (TPSA) is 46.3 Å². The van der Waals surface area contributed by atoms with E-state index >= 15 is 0 Å². The summed E-state index contributed by atoms with van der Waals surface area (Å²) in [5.41, 5.74) is 7.75. The molecule has 0 bridgehead atoms. The second-order valence-electron chi connectivity index (χ2n) is 6.59. The Kier molecular flexibility index (Phi) is 4.47. The van der Waals surface area contributed by atoms with Gasteiger partial charge in [-0.1, -0.05) is 25.0 Å². The molecule has 2 N–H and O–H groups in total. The van der Waals surface area contributed by atoms with Gasteiger partial charge in [0.15, 0.2) is 0 Å². The largest absolute Gasteiger partial charge is 0.399 e. The summed E-state index contributed by atoms with van der Waals surface area (Å²) < 4.78 is 0. The van der Waals surface area contributed by atoms with E-state index in [1.165, 1.54) is 44.1 Å². The molecule has 1 amide bonds. The summed E-state index contributed by atoms with van der Waals surface area (Å²) in [6, 6.07) is 8.42. The summed E-state index contributed by atoms with van der Waals surface area (Å²) in [5.74, 6) is 1.11. The van der Waals surface area contributed by atoms with Gasteiger partial charge >= 0.3 is 0 Å². The fourth-order valence-electron chi connectivity index (χ4n) is 4.08. The zero-order valence-electron chi connectivity index (χ0n) is 12.8. The van der Waals surface area contributed by atoms with Crippen LogP contribution in [0.5, 0.6) is 0 Å². The minimum absolute atomic E-state index is 0.342. The molecule has 1 aliphatic carbocycles. The summed E-state index contributed by atoms with van der Waals surface area (Å²) in [6.07, 6.45) is 9.12. The number of piperidine rings is 1. The monoisotopic (exact) mass is 286 g/mol. The highest BCUT2D eigenvalue weighted by molar-refractivity contribution is 5.77. The van der Waals surface area contributed by atoms with Gasteiger partial charge in [-0.15, -0.1) is 0 Å². The number of fused-ring (bicyclic) bond motifs is 1. The first-order chi connectivity index (χ1) is 10.2. The van der Waals surface area contributed by atoms with Gasteiger partial charge in [0, 0.05) is 24.7 Å². The molecule has 2 atom stereocenters. The van der Waals surface area contributed by atoms with E-state index in [1.807, 2.05) is 18.2 Å². The third kappa shape index (κ3) is 3.39. The Balaban J connectivity index is 1.59. The smallest absolute Gasteiger partial charge is 0.223 e. The molecular formula is C18H26N2O. The predicted molar refractivity (Wildman–Crippen MR) is 85.9 cm³/mol. The van der Waals surface area contributed by atoms with E-state index in [2.05, 4.69) is 11.0 Å². The summed E-state index contributed by atoms with van der Waals surface area (Å²) in [4.78, 5) is 14.8. The Hall–Kier alpha value is -1.51. The van der Waals surface area contributed by atoms with Gasteiger partial charge in [0.2, 0.25) is 5.91 Å². The molecule has 3 rings (SSSR count). The molecule has 2 fully saturated rings. The van der Waals surface area contributed by atoms with Crippen LogP contribution in [0.2, 0.25) is 0 Å². The number of nitrogen functional groups attached to an aromatic ring is 1. The van der Waals surface area contributed by atoms with Gasteiger partial charge in [-0.2, -0.15) is 0 Å². The van der Waals surface area contributed by atoms with Crippen LogP contribution < -0.4 is 5.73 Å². The van der Waals surface area contributed by atoms with Crippen molar-refractivity contribution in [1.82, 2.24) is 4.90 Å². The van der Waals surface area contributed by atoms with Crippen molar-refractivity contribution in [2.75, 3.05) is 12.3 Å². The van der Waals surface area contributed by atoms with E-state index in [1.54, 1.807) is 0 Å². The number of anilines is 1. The van der Waals surface area contributed by atoms with E-state index in [4.69, 9.17) is 5.73 Å². The maximum Gasteiger partial charge on any atom is 0.223 e. The number of nitrogens with zero attached hydrogens (tertiary/aromatic N) is 1. The quantitative estimate of drug-likeness (QED) is 0.866. The Bertz CT molecular complexity index is 498. The average Bonchev–Trinajstić information content (AvgIpc) is 2.52. The highest BCUT2D eigenvalue weighted by Gasteiger charge is 2.35. The number of carbonyl (C=O) groups excluding carboxylic acids is 1. The fraction of sp³-hybridized carbons (Fsp3) is 0.611. The summed E-state index contributed by atoms with van der Waals surface area (Å²) in [6.45, 7) is 0.969. The fourth-order valence-corrected chi connectivity index (χ4v) is 4.08. The lowest BCUT2D eigenvalue weighted by Crippen LogP contribution is -2.49. The SMILES string of the molecule is Nc1cccc(CCC(=O)N2CCC[C@H]3CCCC[C@H]32)c1. The maximum atomic E-state index is 12.6. The predicted octanol–water partition coefficient (Wildman–Crippen LogP) is 3.38. The Morgan fingerprint density at radius 1 is 1.19 bits per heavy atom. The highest BCUT2D eigenvalue weighted by Crippen LogP contribution is 2.35. The van der Waals surface area contributed by atoms with Crippen molar-refractivity contribution < 1.29 is 4.79 Å². The number of hydrogen-bond acceptors (Lipinski definition) is 2. The van der Waals surface area contributed by atoms with Crippen LogP contribution in [-0.2, 0) is 11.2 Å². The molecule has 1 saturated carbocycles. The number of carbonyl (C=O) groups is 1. The molecular weight excluding hydrogens is 260 g/mol. The van der Waals surface area contributed by atoms with Gasteiger partial charge < -0.3 is 10.6 Å². The molecule has 1 aromatic rings. The standard InChI is InChI=1S/C18H26N2O/c19-16-8-3-5-14(13-16)10-11-18(21)20-12-4-7-15-6-1-2-9-17(15)20/h3,5,8,13,15,17H,1-2,4,6-7,9-12,19H2/t15-,17-/m1/s1. The molecule has 0 radical (unpaired) electrons. The lowest BCUT2D eigenvalue weighted by Gasteiger charge is -2.44. The maximum absolute atomic E-state index is 12.6. The molecule has 3 heteroatoms. The molecule has 1 saturated heterocycles. The second-order valence-corrected chi connectivity index (χ2v) is 6.59. The van der Waals surface area contributed by atoms with E-state index in [-0.39, 0.29) is 0 Å². The lowest BCUT2D eigenvalue weighted by atomic mass is 9.78. The zero-order chi connectivity index (χ0) is 14.7. The molecule has 2 aliphatic rings. The van der Waals surface area contributed by atoms with Crippen molar-refractivity contribution in [2.24, 2.45) is 5.92 Å². The molecule has 1 aliphatic heterocycles. The van der Waals surface area contributed by atoms with Gasteiger partial charge in [-0.25, -0.2) is 0 Å². The zero-order valence-corrected chi connectivity index (χ0v) is 12.8. The summed E-state index contributed by atoms with van der Waals surface area (Å²) in [5, 5.41) is 0. The van der Waals surface area contributed by atoms with Crippen LogP contribution >= 0.6 is 0 Å². The first kappa shape index (κ1) is 14.4. The molecule has 21 heavy (non-hydrogen) atoms. The second kappa shape index (κ2) is 6.50. The van der Waals surface area contributed by atoms with Crippen molar-refractivity contribution in [3.63, 3.8) is 0 Å². The van der Waals surface area contributed by atoms with Crippen molar-refractivity contribution in [1.29, 1.82) is 0 Å². The number of nitrogens with two attached hydrogens (primary N) is 1.